The number of nitrogens with zero attached hydrogens (tertiary/aromatic N) is 2. The molecule has 0 fully saturated rings. The Kier molecular flexibility index (Phi) is 4.21. The maximum Gasteiger partial charge on any atom is 0.260 e. The fourth-order valence-corrected chi connectivity index (χ4v) is 3.02. The van der Waals surface area contributed by atoms with Gasteiger partial charge in [-0.1, -0.05) is 36.4 Å². The summed E-state index contributed by atoms with van der Waals surface area (Å²) < 4.78 is 1.47. The minimum atomic E-state index is -0.0985. The number of hydrogen-bond donors (Lipinski definition) is 0. The van der Waals surface area contributed by atoms with E-state index in [0.717, 1.165) is 11.3 Å². The Morgan fingerprint density at radius 3 is 2.33 bits per heavy atom. The zero-order valence-electron chi connectivity index (χ0n) is 14.1. The minimum Gasteiger partial charge on any atom is -0.317 e. The number of pyridine rings is 1. The topological polar surface area (TPSA) is 42.3 Å². The van der Waals surface area contributed by atoms with Gasteiger partial charge < -0.3 is 9.47 Å². The number of anilines is 1. The van der Waals surface area contributed by atoms with Crippen molar-refractivity contribution in [2.75, 3.05) is 11.4 Å². The number of carbonyl (C=O) groups excluding carboxylic acids is 1. The van der Waals surface area contributed by atoms with E-state index in [1.165, 1.54) is 4.57 Å². The second-order valence-electron chi connectivity index (χ2n) is 5.84. The monoisotopic (exact) mass is 320 g/mol. The van der Waals surface area contributed by atoms with E-state index in [9.17, 15) is 9.59 Å². The number of benzene rings is 2. The molecule has 1 aromatic heterocycles. The molecule has 0 spiro atoms. The Morgan fingerprint density at radius 2 is 1.67 bits per heavy atom. The Balaban J connectivity index is 2.20. The molecule has 0 saturated carbocycles. The van der Waals surface area contributed by atoms with Crippen LogP contribution in [0.2, 0.25) is 0 Å². The lowest BCUT2D eigenvalue weighted by Gasteiger charge is -2.24. The highest BCUT2D eigenvalue weighted by Crippen LogP contribution is 2.24. The number of hydrogen-bond acceptors (Lipinski definition) is 2. The van der Waals surface area contributed by atoms with Gasteiger partial charge in [-0.15, -0.1) is 0 Å². The first kappa shape index (κ1) is 16.0. The third kappa shape index (κ3) is 2.60. The molecule has 0 aliphatic rings. The van der Waals surface area contributed by atoms with Crippen LogP contribution >= 0.6 is 0 Å². The molecule has 4 nitrogen and oxygen atoms in total. The number of aryl methyl sites for hydroxylation is 2. The summed E-state index contributed by atoms with van der Waals surface area (Å²) in [6.07, 6.45) is 1.63. The van der Waals surface area contributed by atoms with Gasteiger partial charge in [0, 0.05) is 36.2 Å². The smallest absolute Gasteiger partial charge is 0.260 e. The molecule has 4 heteroatoms. The zero-order valence-corrected chi connectivity index (χ0v) is 14.1. The van der Waals surface area contributed by atoms with E-state index in [-0.39, 0.29) is 11.5 Å². The molecule has 24 heavy (non-hydrogen) atoms. The SMILES string of the molecule is CCN(C(=O)c1cn(C)c(=O)c2ccccc12)c1ccccc1C. The maximum absolute atomic E-state index is 13.2. The van der Waals surface area contributed by atoms with Crippen molar-refractivity contribution in [2.45, 2.75) is 13.8 Å². The van der Waals surface area contributed by atoms with Gasteiger partial charge in [0.15, 0.2) is 0 Å². The molecule has 1 amide bonds. The summed E-state index contributed by atoms with van der Waals surface area (Å²) >= 11 is 0. The third-order valence-electron chi connectivity index (χ3n) is 4.29. The lowest BCUT2D eigenvalue weighted by molar-refractivity contribution is 0.0989. The van der Waals surface area contributed by atoms with Crippen LogP contribution in [0.4, 0.5) is 5.69 Å². The molecule has 2 aromatic carbocycles. The fourth-order valence-electron chi connectivity index (χ4n) is 3.02. The Hall–Kier alpha value is -2.88. The summed E-state index contributed by atoms with van der Waals surface area (Å²) in [5.41, 5.74) is 2.38. The molecule has 0 bridgehead atoms. The van der Waals surface area contributed by atoms with Crippen molar-refractivity contribution in [3.8, 4) is 0 Å². The molecule has 122 valence electrons. The van der Waals surface area contributed by atoms with E-state index in [1.54, 1.807) is 24.2 Å². The first-order valence-electron chi connectivity index (χ1n) is 8.00. The van der Waals surface area contributed by atoms with Crippen LogP contribution in [0.5, 0.6) is 0 Å². The molecule has 0 aliphatic carbocycles. The highest BCUT2D eigenvalue weighted by atomic mass is 16.2. The van der Waals surface area contributed by atoms with Crippen molar-refractivity contribution < 1.29 is 4.79 Å². The van der Waals surface area contributed by atoms with Crippen molar-refractivity contribution in [2.24, 2.45) is 7.05 Å². The predicted molar refractivity (Wildman–Crippen MR) is 97.7 cm³/mol. The van der Waals surface area contributed by atoms with Gasteiger partial charge in [0.25, 0.3) is 11.5 Å². The van der Waals surface area contributed by atoms with E-state index < -0.39 is 0 Å². The first-order chi connectivity index (χ1) is 11.5. The number of fused-ring (bicyclic) bond motifs is 1. The first-order valence-corrected chi connectivity index (χ1v) is 8.00. The Labute approximate surface area is 141 Å². The normalized spacial score (nSPS) is 10.8. The van der Waals surface area contributed by atoms with Gasteiger partial charge in [0.05, 0.1) is 5.56 Å². The summed E-state index contributed by atoms with van der Waals surface area (Å²) in [7, 11) is 1.68. The van der Waals surface area contributed by atoms with Crippen LogP contribution in [0.15, 0.2) is 59.5 Å². The molecule has 0 radical (unpaired) electrons. The van der Waals surface area contributed by atoms with Gasteiger partial charge in [-0.3, -0.25) is 9.59 Å². The highest BCUT2D eigenvalue weighted by Gasteiger charge is 2.21. The van der Waals surface area contributed by atoms with Crippen LogP contribution in [-0.4, -0.2) is 17.0 Å². The molecular weight excluding hydrogens is 300 g/mol. The summed E-state index contributed by atoms with van der Waals surface area (Å²) in [4.78, 5) is 27.3. The van der Waals surface area contributed by atoms with Crippen LogP contribution in [0.1, 0.15) is 22.8 Å². The fraction of sp³-hybridized carbons (Fsp3) is 0.200. The van der Waals surface area contributed by atoms with Crippen molar-refractivity contribution >= 4 is 22.4 Å². The second-order valence-corrected chi connectivity index (χ2v) is 5.84. The van der Waals surface area contributed by atoms with Gasteiger partial charge in [-0.05, 0) is 31.5 Å². The quantitative estimate of drug-likeness (QED) is 0.741. The lowest BCUT2D eigenvalue weighted by atomic mass is 10.1. The number of para-hydroxylation sites is 1. The van der Waals surface area contributed by atoms with E-state index in [0.29, 0.717) is 22.9 Å². The van der Waals surface area contributed by atoms with Crippen molar-refractivity contribution in [1.29, 1.82) is 0 Å². The molecular formula is C20H20N2O2. The molecule has 0 N–H and O–H groups in total. The Morgan fingerprint density at radius 1 is 1.04 bits per heavy atom. The molecule has 3 rings (SSSR count). The third-order valence-corrected chi connectivity index (χ3v) is 4.29. The average Bonchev–Trinajstić information content (AvgIpc) is 2.60. The number of rotatable bonds is 3. The van der Waals surface area contributed by atoms with Crippen molar-refractivity contribution in [3.05, 3.63) is 76.2 Å². The summed E-state index contributed by atoms with van der Waals surface area (Å²) in [6, 6.07) is 15.1. The van der Waals surface area contributed by atoms with E-state index in [1.807, 2.05) is 56.3 Å². The van der Waals surface area contributed by atoms with Crippen LogP contribution < -0.4 is 10.5 Å². The van der Waals surface area contributed by atoms with Crippen LogP contribution in [0.25, 0.3) is 10.8 Å². The van der Waals surface area contributed by atoms with Crippen molar-refractivity contribution in [1.82, 2.24) is 4.57 Å². The van der Waals surface area contributed by atoms with Crippen molar-refractivity contribution in [3.63, 3.8) is 0 Å². The molecule has 1 heterocycles. The van der Waals surface area contributed by atoms with E-state index >= 15 is 0 Å². The maximum atomic E-state index is 13.2. The van der Waals surface area contributed by atoms with E-state index in [2.05, 4.69) is 0 Å². The standard InChI is InChI=1S/C20H20N2O2/c1-4-22(18-12-8-5-9-14(18)2)20(24)17-13-21(3)19(23)16-11-7-6-10-15(16)17/h5-13H,4H2,1-3H3. The zero-order chi connectivity index (χ0) is 17.3. The average molecular weight is 320 g/mol. The van der Waals surface area contributed by atoms with Gasteiger partial charge in [0.1, 0.15) is 0 Å². The molecule has 0 unspecified atom stereocenters. The largest absolute Gasteiger partial charge is 0.317 e. The number of amides is 1. The minimum absolute atomic E-state index is 0.0962. The number of aromatic nitrogens is 1. The van der Waals surface area contributed by atoms with Crippen LogP contribution in [-0.2, 0) is 7.05 Å². The second kappa shape index (κ2) is 6.32. The van der Waals surface area contributed by atoms with Gasteiger partial charge >= 0.3 is 0 Å². The summed E-state index contributed by atoms with van der Waals surface area (Å²) in [6.45, 7) is 4.50. The van der Waals surface area contributed by atoms with Gasteiger partial charge in [0.2, 0.25) is 0 Å². The lowest BCUT2D eigenvalue weighted by Crippen LogP contribution is -2.32. The van der Waals surface area contributed by atoms with Crippen LogP contribution in [0, 0.1) is 6.92 Å². The van der Waals surface area contributed by atoms with Crippen LogP contribution in [0.3, 0.4) is 0 Å². The summed E-state index contributed by atoms with van der Waals surface area (Å²) in [5.74, 6) is -0.0985. The molecule has 0 aliphatic heterocycles. The van der Waals surface area contributed by atoms with Gasteiger partial charge in [-0.25, -0.2) is 0 Å². The number of carbonyl (C=O) groups is 1. The summed E-state index contributed by atoms with van der Waals surface area (Å²) in [5, 5.41) is 1.25. The molecule has 0 saturated heterocycles. The highest BCUT2D eigenvalue weighted by molar-refractivity contribution is 6.13. The predicted octanol–water partition coefficient (Wildman–Crippen LogP) is 3.51. The Bertz CT molecular complexity index is 973. The molecule has 3 aromatic rings. The van der Waals surface area contributed by atoms with Gasteiger partial charge in [-0.2, -0.15) is 0 Å². The molecule has 0 atom stereocenters. The van der Waals surface area contributed by atoms with E-state index in [4.69, 9.17) is 0 Å².